The number of oxazole rings is 1. The molecule has 1 atom stereocenters. The van der Waals surface area contributed by atoms with Crippen LogP contribution in [0.3, 0.4) is 0 Å². The third kappa shape index (κ3) is 3.72. The van der Waals surface area contributed by atoms with E-state index < -0.39 is 0 Å². The molecular formula is C24H25N3O. The van der Waals surface area contributed by atoms with Crippen LogP contribution in [0.4, 0.5) is 0 Å². The highest BCUT2D eigenvalue weighted by Crippen LogP contribution is 2.28. The Balaban J connectivity index is 1.51. The molecule has 1 aromatic heterocycles. The molecule has 0 unspecified atom stereocenters. The van der Waals surface area contributed by atoms with E-state index >= 15 is 0 Å². The first-order chi connectivity index (χ1) is 13.7. The summed E-state index contributed by atoms with van der Waals surface area (Å²) in [6.45, 7) is 6.53. The van der Waals surface area contributed by atoms with E-state index in [1.807, 2.05) is 55.5 Å². The highest BCUT2D eigenvalue weighted by molar-refractivity contribution is 5.72. The van der Waals surface area contributed by atoms with Gasteiger partial charge in [0.15, 0.2) is 0 Å². The van der Waals surface area contributed by atoms with Crippen molar-refractivity contribution in [2.75, 3.05) is 13.1 Å². The monoisotopic (exact) mass is 371 g/mol. The number of likely N-dealkylation sites (tertiary alicyclic amines) is 1. The lowest BCUT2D eigenvalue weighted by atomic mass is 9.99. The van der Waals surface area contributed by atoms with Crippen molar-refractivity contribution in [2.24, 2.45) is 0 Å². The number of nitrogens with zero attached hydrogens (tertiary/aromatic N) is 3. The number of nitriles is 1. The fourth-order valence-corrected chi connectivity index (χ4v) is 3.98. The Hall–Kier alpha value is -2.90. The molecule has 0 spiro atoms. The Morgan fingerprint density at radius 1 is 1.14 bits per heavy atom. The van der Waals surface area contributed by atoms with Crippen molar-refractivity contribution in [3.63, 3.8) is 0 Å². The number of benzene rings is 2. The molecular weight excluding hydrogens is 346 g/mol. The van der Waals surface area contributed by atoms with E-state index in [4.69, 9.17) is 9.40 Å². The Labute approximate surface area is 166 Å². The summed E-state index contributed by atoms with van der Waals surface area (Å²) in [6.07, 6.45) is 3.52. The molecule has 0 radical (unpaired) electrons. The molecule has 0 saturated carbocycles. The van der Waals surface area contributed by atoms with E-state index in [-0.39, 0.29) is 0 Å². The Morgan fingerprint density at radius 2 is 1.89 bits per heavy atom. The third-order valence-electron chi connectivity index (χ3n) is 5.71. The number of aryl methyl sites for hydroxylation is 1. The van der Waals surface area contributed by atoms with E-state index in [0.717, 1.165) is 41.1 Å². The summed E-state index contributed by atoms with van der Waals surface area (Å²) in [5.74, 6) is 1.57. The topological polar surface area (TPSA) is 53.1 Å². The lowest BCUT2D eigenvalue weighted by Gasteiger charge is -2.20. The fraction of sp³-hybridized carbons (Fsp3) is 0.333. The van der Waals surface area contributed by atoms with E-state index in [1.54, 1.807) is 0 Å². The van der Waals surface area contributed by atoms with Gasteiger partial charge in [-0.3, -0.25) is 0 Å². The molecule has 0 amide bonds. The molecule has 2 aromatic carbocycles. The van der Waals surface area contributed by atoms with Gasteiger partial charge in [0.2, 0.25) is 5.89 Å². The van der Waals surface area contributed by atoms with Crippen molar-refractivity contribution in [1.29, 1.82) is 5.26 Å². The van der Waals surface area contributed by atoms with E-state index in [1.165, 1.54) is 19.4 Å². The second kappa shape index (κ2) is 8.00. The summed E-state index contributed by atoms with van der Waals surface area (Å²) in [5.41, 5.74) is 4.66. The molecule has 0 bridgehead atoms. The molecule has 28 heavy (non-hydrogen) atoms. The lowest BCUT2D eigenvalue weighted by molar-refractivity contribution is 0.271. The van der Waals surface area contributed by atoms with Gasteiger partial charge in [-0.25, -0.2) is 4.98 Å². The summed E-state index contributed by atoms with van der Waals surface area (Å²) in [4.78, 5) is 7.29. The number of rotatable bonds is 5. The first-order valence-electron chi connectivity index (χ1n) is 9.96. The third-order valence-corrected chi connectivity index (χ3v) is 5.71. The lowest BCUT2D eigenvalue weighted by Crippen LogP contribution is -2.29. The molecule has 1 fully saturated rings. The van der Waals surface area contributed by atoms with E-state index in [0.29, 0.717) is 17.5 Å². The predicted molar refractivity (Wildman–Crippen MR) is 111 cm³/mol. The first-order valence-corrected chi connectivity index (χ1v) is 9.96. The van der Waals surface area contributed by atoms with Crippen LogP contribution in [0.2, 0.25) is 0 Å². The predicted octanol–water partition coefficient (Wildman–Crippen LogP) is 5.22. The second-order valence-electron chi connectivity index (χ2n) is 7.53. The van der Waals surface area contributed by atoms with Crippen LogP contribution >= 0.6 is 0 Å². The zero-order valence-corrected chi connectivity index (χ0v) is 16.5. The molecule has 2 heterocycles. The Kier molecular flexibility index (Phi) is 5.27. The van der Waals surface area contributed by atoms with Gasteiger partial charge in [-0.2, -0.15) is 5.26 Å². The highest BCUT2D eigenvalue weighted by Gasteiger charge is 2.21. The molecule has 1 aliphatic heterocycles. The molecule has 0 aliphatic carbocycles. The van der Waals surface area contributed by atoms with Gasteiger partial charge in [0.05, 0.1) is 17.3 Å². The van der Waals surface area contributed by atoms with Gasteiger partial charge in [0, 0.05) is 24.6 Å². The molecule has 1 aliphatic rings. The zero-order valence-electron chi connectivity index (χ0n) is 16.5. The summed E-state index contributed by atoms with van der Waals surface area (Å²) >= 11 is 0. The maximum absolute atomic E-state index is 9.31. The highest BCUT2D eigenvalue weighted by atomic mass is 16.4. The Bertz CT molecular complexity index is 997. The average molecular weight is 371 g/mol. The Morgan fingerprint density at radius 3 is 2.61 bits per heavy atom. The van der Waals surface area contributed by atoms with Gasteiger partial charge in [0.25, 0.3) is 0 Å². The molecule has 3 aromatic rings. The summed E-state index contributed by atoms with van der Waals surface area (Å²) in [5, 5.41) is 9.31. The van der Waals surface area contributed by atoms with Gasteiger partial charge in [-0.15, -0.1) is 0 Å². The summed E-state index contributed by atoms with van der Waals surface area (Å²) < 4.78 is 5.95. The first kappa shape index (κ1) is 18.5. The standard InChI is InChI=1S/C24H25N3O/c1-17-6-5-14-27(17)15-13-23-18(2)28-24(26-23)20-11-9-19(10-12-20)22-8-4-3-7-21(22)16-25/h3-4,7-12,17H,5-6,13-15H2,1-2H3/t17-/m1/s1. The van der Waals surface area contributed by atoms with Crippen LogP contribution in [0.1, 0.15) is 36.8 Å². The van der Waals surface area contributed by atoms with Crippen LogP contribution in [-0.2, 0) is 6.42 Å². The van der Waals surface area contributed by atoms with Crippen LogP contribution in [0.15, 0.2) is 52.9 Å². The van der Waals surface area contributed by atoms with E-state index in [9.17, 15) is 5.26 Å². The molecule has 0 N–H and O–H groups in total. The minimum atomic E-state index is 0.669. The van der Waals surface area contributed by atoms with Crippen molar-refractivity contribution in [3.05, 3.63) is 65.5 Å². The van der Waals surface area contributed by atoms with Gasteiger partial charge in [-0.05, 0) is 62.6 Å². The largest absolute Gasteiger partial charge is 0.441 e. The fourth-order valence-electron chi connectivity index (χ4n) is 3.98. The SMILES string of the molecule is Cc1oc(-c2ccc(-c3ccccc3C#N)cc2)nc1CCN1CCC[C@H]1C. The van der Waals surface area contributed by atoms with Crippen LogP contribution in [0.5, 0.6) is 0 Å². The number of hydrogen-bond donors (Lipinski definition) is 0. The average Bonchev–Trinajstić information content (AvgIpc) is 3.31. The van der Waals surface area contributed by atoms with Crippen LogP contribution < -0.4 is 0 Å². The molecule has 4 nitrogen and oxygen atoms in total. The van der Waals surface area contributed by atoms with Gasteiger partial charge >= 0.3 is 0 Å². The number of aromatic nitrogens is 1. The van der Waals surface area contributed by atoms with Crippen molar-refractivity contribution in [1.82, 2.24) is 9.88 Å². The van der Waals surface area contributed by atoms with Crippen LogP contribution in [-0.4, -0.2) is 29.0 Å². The zero-order chi connectivity index (χ0) is 19.5. The smallest absolute Gasteiger partial charge is 0.226 e. The van der Waals surface area contributed by atoms with Crippen molar-refractivity contribution in [2.45, 2.75) is 39.2 Å². The van der Waals surface area contributed by atoms with Gasteiger partial charge < -0.3 is 9.32 Å². The maximum atomic E-state index is 9.31. The van der Waals surface area contributed by atoms with E-state index in [2.05, 4.69) is 17.9 Å². The van der Waals surface area contributed by atoms with Crippen molar-refractivity contribution >= 4 is 0 Å². The minimum absolute atomic E-state index is 0.669. The minimum Gasteiger partial charge on any atom is -0.441 e. The molecule has 142 valence electrons. The second-order valence-corrected chi connectivity index (χ2v) is 7.53. The summed E-state index contributed by atoms with van der Waals surface area (Å²) in [7, 11) is 0. The normalized spacial score (nSPS) is 17.0. The van der Waals surface area contributed by atoms with Crippen molar-refractivity contribution in [3.8, 4) is 28.7 Å². The molecule has 1 saturated heterocycles. The van der Waals surface area contributed by atoms with Gasteiger partial charge in [-0.1, -0.05) is 30.3 Å². The molecule has 4 rings (SSSR count). The van der Waals surface area contributed by atoms with Crippen LogP contribution in [0.25, 0.3) is 22.6 Å². The quantitative estimate of drug-likeness (QED) is 0.617. The summed E-state index contributed by atoms with van der Waals surface area (Å²) in [6, 6.07) is 18.7. The molecule has 4 heteroatoms. The van der Waals surface area contributed by atoms with Crippen LogP contribution in [0, 0.1) is 18.3 Å². The number of hydrogen-bond acceptors (Lipinski definition) is 4. The van der Waals surface area contributed by atoms with Crippen molar-refractivity contribution < 1.29 is 4.42 Å². The van der Waals surface area contributed by atoms with Gasteiger partial charge in [0.1, 0.15) is 5.76 Å². The maximum Gasteiger partial charge on any atom is 0.226 e.